The number of fused-ring (bicyclic) bond motifs is 1. The van der Waals surface area contributed by atoms with Crippen molar-refractivity contribution in [3.05, 3.63) is 0 Å². The van der Waals surface area contributed by atoms with Crippen LogP contribution in [0.3, 0.4) is 0 Å². The molecule has 2 heterocycles. The fourth-order valence-corrected chi connectivity index (χ4v) is 4.81. The standard InChI is InChI=1S/C17H32N2/c1-12(2)17-15-10-18(11-16(15)17)9-14-5-7-19(8-6-14)13(3)4/h12-17H,5-11H2,1-4H3/t15-,16+,17+. The van der Waals surface area contributed by atoms with Crippen LogP contribution in [0, 0.1) is 29.6 Å². The molecular weight excluding hydrogens is 232 g/mol. The smallest absolute Gasteiger partial charge is 0.00385 e. The van der Waals surface area contributed by atoms with Gasteiger partial charge >= 0.3 is 0 Å². The van der Waals surface area contributed by atoms with Gasteiger partial charge in [-0.05, 0) is 69.4 Å². The number of piperidine rings is 2. The minimum atomic E-state index is 0.743. The third-order valence-corrected chi connectivity index (χ3v) is 6.00. The lowest BCUT2D eigenvalue weighted by Gasteiger charge is -2.36. The maximum absolute atomic E-state index is 2.78. The van der Waals surface area contributed by atoms with Gasteiger partial charge in [0.15, 0.2) is 0 Å². The third kappa shape index (κ3) is 2.85. The van der Waals surface area contributed by atoms with Gasteiger partial charge in [-0.15, -0.1) is 0 Å². The zero-order valence-corrected chi connectivity index (χ0v) is 13.3. The molecule has 2 heteroatoms. The highest BCUT2D eigenvalue weighted by Crippen LogP contribution is 2.55. The quantitative estimate of drug-likeness (QED) is 0.770. The van der Waals surface area contributed by atoms with Gasteiger partial charge in [-0.1, -0.05) is 13.8 Å². The maximum Gasteiger partial charge on any atom is 0.00385 e. The van der Waals surface area contributed by atoms with E-state index in [9.17, 15) is 0 Å². The number of likely N-dealkylation sites (tertiary alicyclic amines) is 2. The van der Waals surface area contributed by atoms with Crippen molar-refractivity contribution in [3.63, 3.8) is 0 Å². The summed E-state index contributed by atoms with van der Waals surface area (Å²) >= 11 is 0. The van der Waals surface area contributed by atoms with Crippen LogP contribution >= 0.6 is 0 Å². The van der Waals surface area contributed by atoms with Crippen molar-refractivity contribution >= 4 is 0 Å². The van der Waals surface area contributed by atoms with E-state index < -0.39 is 0 Å². The Balaban J connectivity index is 1.39. The van der Waals surface area contributed by atoms with Crippen LogP contribution in [0.15, 0.2) is 0 Å². The minimum Gasteiger partial charge on any atom is -0.302 e. The second-order valence-electron chi connectivity index (χ2n) is 7.94. The van der Waals surface area contributed by atoms with Crippen molar-refractivity contribution in [2.24, 2.45) is 29.6 Å². The van der Waals surface area contributed by atoms with Crippen LogP contribution in [0.2, 0.25) is 0 Å². The lowest BCUT2D eigenvalue weighted by molar-refractivity contribution is 0.122. The first-order valence-corrected chi connectivity index (χ1v) is 8.52. The Morgan fingerprint density at radius 2 is 1.53 bits per heavy atom. The zero-order valence-electron chi connectivity index (χ0n) is 13.3. The van der Waals surface area contributed by atoms with Crippen LogP contribution in [0.25, 0.3) is 0 Å². The van der Waals surface area contributed by atoms with E-state index in [1.807, 2.05) is 0 Å². The molecule has 3 fully saturated rings. The normalized spacial score (nSPS) is 37.3. The maximum atomic E-state index is 2.78. The van der Waals surface area contributed by atoms with E-state index in [1.54, 1.807) is 0 Å². The minimum absolute atomic E-state index is 0.743. The first kappa shape index (κ1) is 13.9. The van der Waals surface area contributed by atoms with Gasteiger partial charge < -0.3 is 9.80 Å². The summed E-state index contributed by atoms with van der Waals surface area (Å²) < 4.78 is 0. The second-order valence-corrected chi connectivity index (χ2v) is 7.94. The van der Waals surface area contributed by atoms with Crippen LogP contribution in [-0.4, -0.2) is 48.6 Å². The van der Waals surface area contributed by atoms with Crippen LogP contribution in [-0.2, 0) is 0 Å². The molecule has 0 radical (unpaired) electrons. The van der Waals surface area contributed by atoms with Crippen LogP contribution in [0.4, 0.5) is 0 Å². The summed E-state index contributed by atoms with van der Waals surface area (Å²) in [4.78, 5) is 5.43. The molecule has 3 atom stereocenters. The molecule has 0 aromatic carbocycles. The van der Waals surface area contributed by atoms with Crippen molar-refractivity contribution in [2.75, 3.05) is 32.7 Å². The van der Waals surface area contributed by atoms with E-state index in [0.717, 1.165) is 35.6 Å². The highest BCUT2D eigenvalue weighted by molar-refractivity contribution is 5.06. The van der Waals surface area contributed by atoms with E-state index in [4.69, 9.17) is 0 Å². The molecular formula is C17H32N2. The number of hydrogen-bond donors (Lipinski definition) is 0. The van der Waals surface area contributed by atoms with E-state index >= 15 is 0 Å². The Morgan fingerprint density at radius 1 is 0.947 bits per heavy atom. The molecule has 0 aromatic heterocycles. The predicted octanol–water partition coefficient (Wildman–Crippen LogP) is 2.94. The summed E-state index contributed by atoms with van der Waals surface area (Å²) in [5.74, 6) is 5.10. The fourth-order valence-electron chi connectivity index (χ4n) is 4.81. The first-order valence-electron chi connectivity index (χ1n) is 8.52. The van der Waals surface area contributed by atoms with Crippen molar-refractivity contribution in [3.8, 4) is 0 Å². The van der Waals surface area contributed by atoms with E-state index in [1.165, 1.54) is 45.6 Å². The monoisotopic (exact) mass is 264 g/mol. The number of nitrogens with zero attached hydrogens (tertiary/aromatic N) is 2. The molecule has 2 aliphatic heterocycles. The molecule has 110 valence electrons. The molecule has 0 bridgehead atoms. The Kier molecular flexibility index (Phi) is 3.92. The average Bonchev–Trinajstić information content (AvgIpc) is 2.88. The fraction of sp³-hybridized carbons (Fsp3) is 1.00. The second kappa shape index (κ2) is 5.37. The first-order chi connectivity index (χ1) is 9.06. The predicted molar refractivity (Wildman–Crippen MR) is 81.2 cm³/mol. The van der Waals surface area contributed by atoms with Gasteiger partial charge in [0.1, 0.15) is 0 Å². The summed E-state index contributed by atoms with van der Waals surface area (Å²) in [5.41, 5.74) is 0. The summed E-state index contributed by atoms with van der Waals surface area (Å²) in [6.45, 7) is 16.4. The molecule has 0 spiro atoms. The molecule has 0 aromatic rings. The molecule has 0 unspecified atom stereocenters. The van der Waals surface area contributed by atoms with Crippen molar-refractivity contribution in [1.29, 1.82) is 0 Å². The molecule has 19 heavy (non-hydrogen) atoms. The van der Waals surface area contributed by atoms with Gasteiger partial charge in [0, 0.05) is 25.7 Å². The highest BCUT2D eigenvalue weighted by Gasteiger charge is 2.56. The van der Waals surface area contributed by atoms with E-state index in [2.05, 4.69) is 37.5 Å². The summed E-state index contributed by atoms with van der Waals surface area (Å²) in [7, 11) is 0. The Bertz CT molecular complexity index is 286. The molecule has 1 saturated carbocycles. The molecule has 2 nitrogen and oxygen atoms in total. The lowest BCUT2D eigenvalue weighted by Crippen LogP contribution is -2.41. The average molecular weight is 264 g/mol. The summed E-state index contributed by atoms with van der Waals surface area (Å²) in [6, 6.07) is 0.743. The zero-order chi connectivity index (χ0) is 13.6. The van der Waals surface area contributed by atoms with Gasteiger partial charge in [0.25, 0.3) is 0 Å². The van der Waals surface area contributed by atoms with Gasteiger partial charge in [0.2, 0.25) is 0 Å². The Morgan fingerprint density at radius 3 is 2.00 bits per heavy atom. The largest absolute Gasteiger partial charge is 0.302 e. The number of hydrogen-bond acceptors (Lipinski definition) is 2. The third-order valence-electron chi connectivity index (χ3n) is 6.00. The van der Waals surface area contributed by atoms with E-state index in [-0.39, 0.29) is 0 Å². The Labute approximate surface area is 119 Å². The highest BCUT2D eigenvalue weighted by atomic mass is 15.2. The number of rotatable bonds is 4. The molecule has 3 rings (SSSR count). The molecule has 1 aliphatic carbocycles. The lowest BCUT2D eigenvalue weighted by atomic mass is 9.95. The van der Waals surface area contributed by atoms with E-state index in [0.29, 0.717) is 0 Å². The van der Waals surface area contributed by atoms with Crippen molar-refractivity contribution < 1.29 is 0 Å². The molecule has 0 amide bonds. The van der Waals surface area contributed by atoms with Crippen molar-refractivity contribution in [1.82, 2.24) is 9.80 Å². The summed E-state index contributed by atoms with van der Waals surface area (Å²) in [5, 5.41) is 0. The molecule has 0 N–H and O–H groups in total. The SMILES string of the molecule is CC(C)[C@H]1[C@@H]2CN(CC3CCN(C(C)C)CC3)C[C@@H]21. The van der Waals surface area contributed by atoms with Crippen molar-refractivity contribution in [2.45, 2.75) is 46.6 Å². The van der Waals surface area contributed by atoms with Gasteiger partial charge in [0.05, 0.1) is 0 Å². The van der Waals surface area contributed by atoms with Gasteiger partial charge in [-0.2, -0.15) is 0 Å². The molecule has 3 aliphatic rings. The Hall–Kier alpha value is -0.0800. The van der Waals surface area contributed by atoms with Crippen LogP contribution in [0.1, 0.15) is 40.5 Å². The van der Waals surface area contributed by atoms with Gasteiger partial charge in [-0.25, -0.2) is 0 Å². The van der Waals surface area contributed by atoms with Crippen LogP contribution in [0.5, 0.6) is 0 Å². The van der Waals surface area contributed by atoms with Crippen LogP contribution < -0.4 is 0 Å². The van der Waals surface area contributed by atoms with Gasteiger partial charge in [-0.3, -0.25) is 0 Å². The topological polar surface area (TPSA) is 6.48 Å². The molecule has 2 saturated heterocycles. The summed E-state index contributed by atoms with van der Waals surface area (Å²) in [6.07, 6.45) is 2.86.